The minimum atomic E-state index is -0.456. The Balaban J connectivity index is 0.000000100. The van der Waals surface area contributed by atoms with Crippen molar-refractivity contribution in [1.29, 1.82) is 0 Å². The van der Waals surface area contributed by atoms with Crippen LogP contribution in [0.15, 0.2) is 491 Å². The number of aromatic nitrogens is 1. The van der Waals surface area contributed by atoms with Gasteiger partial charge in [0.15, 0.2) is 0 Å². The average molecular weight is 1810 g/mol. The number of nitrogens with zero attached hydrogens (tertiary/aromatic N) is 2. The molecular formula is C129H81BrN4O3. The lowest BCUT2D eigenvalue weighted by Gasteiger charge is -2.32. The molecule has 0 atom stereocenters. The Bertz CT molecular complexity index is 9180. The number of hydrogen-bond donors (Lipinski definition) is 2. The fourth-order valence-corrected chi connectivity index (χ4v) is 25.2. The first-order valence-electron chi connectivity index (χ1n) is 46.9. The van der Waals surface area contributed by atoms with Crippen molar-refractivity contribution in [2.24, 2.45) is 0 Å². The summed E-state index contributed by atoms with van der Waals surface area (Å²) in [6.45, 7) is 0. The molecule has 0 unspecified atom stereocenters. The number of nitrogens with one attached hydrogen (secondary N) is 1. The highest BCUT2D eigenvalue weighted by Crippen LogP contribution is 2.67. The number of hydrogen-bond acceptors (Lipinski definition) is 6. The molecule has 31 rings (SSSR count). The molecule has 0 fully saturated rings. The molecule has 137 heavy (non-hydrogen) atoms. The summed E-state index contributed by atoms with van der Waals surface area (Å²) in [6, 6.07) is 171. The predicted molar refractivity (Wildman–Crippen MR) is 567 cm³/mol. The van der Waals surface area contributed by atoms with Crippen LogP contribution < -0.4 is 16.0 Å². The summed E-state index contributed by atoms with van der Waals surface area (Å²) in [5.41, 5.74) is 52.1. The van der Waals surface area contributed by atoms with Gasteiger partial charge >= 0.3 is 0 Å². The van der Waals surface area contributed by atoms with Gasteiger partial charge < -0.3 is 33.8 Å². The van der Waals surface area contributed by atoms with Crippen molar-refractivity contribution >= 4 is 138 Å². The molecule has 4 aromatic heterocycles. The van der Waals surface area contributed by atoms with Gasteiger partial charge in [-0.2, -0.15) is 0 Å². The zero-order valence-electron chi connectivity index (χ0n) is 74.1. The lowest BCUT2D eigenvalue weighted by molar-refractivity contribution is 0.668. The van der Waals surface area contributed by atoms with Gasteiger partial charge in [0.25, 0.3) is 0 Å². The lowest BCUT2D eigenvalue weighted by Crippen LogP contribution is -2.26. The largest absolute Gasteiger partial charge is 0.456 e. The summed E-state index contributed by atoms with van der Waals surface area (Å²) in [5.74, 6) is 0. The minimum Gasteiger partial charge on any atom is -0.456 e. The molecule has 0 aliphatic heterocycles. The first-order valence-corrected chi connectivity index (χ1v) is 47.7. The molecule has 0 amide bonds. The quantitative estimate of drug-likeness (QED) is 0.161. The van der Waals surface area contributed by atoms with Gasteiger partial charge in [-0.1, -0.05) is 362 Å². The Labute approximate surface area is 798 Å². The molecule has 0 bridgehead atoms. The van der Waals surface area contributed by atoms with Crippen LogP contribution in [0.4, 0.5) is 34.1 Å². The van der Waals surface area contributed by atoms with E-state index in [1.165, 1.54) is 155 Å². The van der Waals surface area contributed by atoms with Gasteiger partial charge in [0, 0.05) is 65.2 Å². The van der Waals surface area contributed by atoms with Crippen molar-refractivity contribution in [3.63, 3.8) is 0 Å². The van der Waals surface area contributed by atoms with Gasteiger partial charge in [-0.05, 0) is 261 Å². The Morgan fingerprint density at radius 2 is 0.562 bits per heavy atom. The number of benzene rings is 21. The van der Waals surface area contributed by atoms with Crippen molar-refractivity contribution in [2.45, 2.75) is 16.2 Å². The maximum absolute atomic E-state index is 6.54. The Kier molecular flexibility index (Phi) is 17.4. The summed E-state index contributed by atoms with van der Waals surface area (Å²) in [4.78, 5) is 2.46. The number of furan rings is 3. The highest BCUT2D eigenvalue weighted by molar-refractivity contribution is 9.10. The Hall–Kier alpha value is -17.3. The van der Waals surface area contributed by atoms with E-state index in [4.69, 9.17) is 19.0 Å². The number of nitrogen functional groups attached to an aromatic ring is 1. The highest BCUT2D eigenvalue weighted by atomic mass is 79.9. The second kappa shape index (κ2) is 30.4. The smallest absolute Gasteiger partial charge is 0.137 e. The standard InChI is InChI=1S/C55H34N2O.C37H23NO.C25H17N.C12H7BrO/c1-2-15-35(16-3-1)57-49-25-12-7-20-42(49)44-33-36(30-32-50(44)57)56(51-26-14-28-53-54(51)43-21-8-13-27-52(43)58-53)37-29-31-41-40-19-6-11-24-47(40)55(48(41)34-37)45-22-9-4-17-38(45)39-18-5-10-23-46(39)55;1-5-14-29-24(10-1)25-11-2-6-15-30(25)37(29)31-16-7-3-12-26(31)27-21-20-23(22-32(27)37)38-33-17-9-19-35-36(33)28-13-4-8-18-34(28)39-35;26-16-13-14-20-19-9-3-6-12-23(19)25(24(20)15-16)21-10-4-1-7-17(21)18-8-2-5-11-22(18)25;13-9-5-3-7-11-12(9)8-4-1-2-6-10(8)14-11/h1-34H;1-22,38H;1-15H,26H2;1-7H. The summed E-state index contributed by atoms with van der Waals surface area (Å²) < 4.78 is 21.9. The van der Waals surface area contributed by atoms with Crippen molar-refractivity contribution in [2.75, 3.05) is 16.0 Å². The molecule has 0 saturated carbocycles. The van der Waals surface area contributed by atoms with Crippen molar-refractivity contribution in [3.8, 4) is 72.4 Å². The molecule has 0 saturated heterocycles. The zero-order chi connectivity index (χ0) is 90.4. The van der Waals surface area contributed by atoms with Gasteiger partial charge in [0.05, 0.1) is 49.4 Å². The van der Waals surface area contributed by atoms with Crippen LogP contribution in [-0.4, -0.2) is 4.57 Å². The molecule has 6 aliphatic carbocycles. The van der Waals surface area contributed by atoms with Gasteiger partial charge in [-0.3, -0.25) is 0 Å². The topological polar surface area (TPSA) is 85.6 Å². The third-order valence-electron chi connectivity index (χ3n) is 29.8. The normalized spacial score (nSPS) is 13.5. The summed E-state index contributed by atoms with van der Waals surface area (Å²) in [6.07, 6.45) is 0. The third kappa shape index (κ3) is 11.2. The van der Waals surface area contributed by atoms with Crippen LogP contribution in [0.3, 0.4) is 0 Å². The Morgan fingerprint density at radius 3 is 1.04 bits per heavy atom. The third-order valence-corrected chi connectivity index (χ3v) is 30.5. The lowest BCUT2D eigenvalue weighted by atomic mass is 9.70. The summed E-state index contributed by atoms with van der Waals surface area (Å²) in [5, 5.41) is 13.0. The first-order chi connectivity index (χ1) is 67.8. The zero-order valence-corrected chi connectivity index (χ0v) is 75.7. The van der Waals surface area contributed by atoms with E-state index in [-0.39, 0.29) is 10.8 Å². The van der Waals surface area contributed by atoms with Crippen LogP contribution in [0.1, 0.15) is 66.8 Å². The van der Waals surface area contributed by atoms with Gasteiger partial charge in [-0.15, -0.1) is 0 Å². The summed E-state index contributed by atoms with van der Waals surface area (Å²) in [7, 11) is 0. The van der Waals surface area contributed by atoms with Crippen LogP contribution in [0, 0.1) is 0 Å². The molecule has 4 heterocycles. The molecule has 7 nitrogen and oxygen atoms in total. The van der Waals surface area contributed by atoms with Crippen LogP contribution in [-0.2, 0) is 16.2 Å². The molecule has 8 heteroatoms. The summed E-state index contributed by atoms with van der Waals surface area (Å²) >= 11 is 3.54. The molecular weight excluding hydrogens is 1730 g/mol. The molecule has 642 valence electrons. The maximum Gasteiger partial charge on any atom is 0.137 e. The first kappa shape index (κ1) is 78.4. The maximum atomic E-state index is 6.54. The average Bonchev–Trinajstić information content (AvgIpc) is 1.52. The fraction of sp³-hybridized carbons (Fsp3) is 0.0233. The van der Waals surface area contributed by atoms with Crippen LogP contribution in [0.2, 0.25) is 0 Å². The second-order valence-electron chi connectivity index (χ2n) is 36.5. The molecule has 3 spiro atoms. The van der Waals surface area contributed by atoms with Crippen LogP contribution in [0.25, 0.3) is 160 Å². The molecule has 6 aliphatic rings. The van der Waals surface area contributed by atoms with E-state index in [2.05, 4.69) is 437 Å². The predicted octanol–water partition coefficient (Wildman–Crippen LogP) is 34.1. The van der Waals surface area contributed by atoms with E-state index in [0.717, 1.165) is 110 Å². The van der Waals surface area contributed by atoms with Crippen molar-refractivity contribution in [3.05, 3.63) is 544 Å². The van der Waals surface area contributed by atoms with Crippen molar-refractivity contribution < 1.29 is 13.3 Å². The molecule has 0 radical (unpaired) electrons. The van der Waals surface area contributed by atoms with E-state index >= 15 is 0 Å². The number of fused-ring (bicyclic) bond motifs is 42. The van der Waals surface area contributed by atoms with E-state index < -0.39 is 5.41 Å². The fourth-order valence-electron chi connectivity index (χ4n) is 24.6. The number of para-hydroxylation sites is 5. The molecule has 3 N–H and O–H groups in total. The Morgan fingerprint density at radius 1 is 0.234 bits per heavy atom. The molecule has 25 aromatic rings. The van der Waals surface area contributed by atoms with Crippen molar-refractivity contribution in [1.82, 2.24) is 4.57 Å². The van der Waals surface area contributed by atoms with Gasteiger partial charge in [-0.25, -0.2) is 0 Å². The monoisotopic (exact) mass is 1810 g/mol. The van der Waals surface area contributed by atoms with Crippen LogP contribution >= 0.6 is 15.9 Å². The SMILES string of the molecule is Brc1cccc2oc3ccccc3c12.Nc1ccc2c(c1)C1(c3ccccc3-c3ccccc31)c1ccccc1-2.c1ccc(-n2c3ccccc3c3cc(N(c4ccc5c(c4)C4(c6ccccc6-c6ccccc64)c4ccccc4-5)c4cccc5oc6ccccc6c45)ccc32)cc1.c1ccc2c(c1)-c1ccccc1C21c2ccccc2-c2ccc(Nc3cccc4oc5ccccc5c34)cc21. The molecule has 21 aromatic carbocycles. The van der Waals surface area contributed by atoms with E-state index in [9.17, 15) is 0 Å². The highest BCUT2D eigenvalue weighted by Gasteiger charge is 2.55. The minimum absolute atomic E-state index is 0.269. The number of halogens is 1. The number of nitrogens with two attached hydrogens (primary N) is 1. The van der Waals surface area contributed by atoms with Gasteiger partial charge in [0.2, 0.25) is 0 Å². The van der Waals surface area contributed by atoms with E-state index in [1.54, 1.807) is 0 Å². The van der Waals surface area contributed by atoms with E-state index in [1.807, 2.05) is 66.7 Å². The van der Waals surface area contributed by atoms with E-state index in [0.29, 0.717) is 0 Å². The van der Waals surface area contributed by atoms with Gasteiger partial charge in [0.1, 0.15) is 33.5 Å². The number of anilines is 6. The second-order valence-corrected chi connectivity index (χ2v) is 37.4. The number of rotatable bonds is 6. The van der Waals surface area contributed by atoms with Crippen LogP contribution in [0.5, 0.6) is 0 Å².